The van der Waals surface area contributed by atoms with Crippen LogP contribution in [0.25, 0.3) is 0 Å². The van der Waals surface area contributed by atoms with Crippen molar-refractivity contribution in [3.8, 4) is 0 Å². The van der Waals surface area contributed by atoms with E-state index in [0.29, 0.717) is 6.04 Å². The van der Waals surface area contributed by atoms with E-state index in [4.69, 9.17) is 0 Å². The first-order valence-corrected chi connectivity index (χ1v) is 6.85. The van der Waals surface area contributed by atoms with Crippen LogP contribution in [-0.2, 0) is 0 Å². The van der Waals surface area contributed by atoms with Crippen LogP contribution in [0, 0.1) is 13.8 Å². The van der Waals surface area contributed by atoms with Crippen LogP contribution in [0.3, 0.4) is 0 Å². The predicted octanol–water partition coefficient (Wildman–Crippen LogP) is 1.63. The summed E-state index contributed by atoms with van der Waals surface area (Å²) in [6.07, 6.45) is 0.823. The SMILES string of the molecule is Cc1ccc([C@H](CCO)N2CCNCC2)c(C)c1. The van der Waals surface area contributed by atoms with Crippen molar-refractivity contribution in [3.05, 3.63) is 34.9 Å². The van der Waals surface area contributed by atoms with Gasteiger partial charge in [-0.3, -0.25) is 4.90 Å². The Balaban J connectivity index is 2.22. The Bertz CT molecular complexity index is 386. The summed E-state index contributed by atoms with van der Waals surface area (Å²) in [4.78, 5) is 2.49. The molecule has 0 spiro atoms. The monoisotopic (exact) mass is 248 g/mol. The summed E-state index contributed by atoms with van der Waals surface area (Å²) >= 11 is 0. The average Bonchev–Trinajstić information content (AvgIpc) is 2.38. The van der Waals surface area contributed by atoms with Gasteiger partial charge in [-0.1, -0.05) is 23.8 Å². The zero-order valence-electron chi connectivity index (χ0n) is 11.4. The van der Waals surface area contributed by atoms with Crippen LogP contribution in [-0.4, -0.2) is 42.8 Å². The molecule has 3 heteroatoms. The van der Waals surface area contributed by atoms with Crippen molar-refractivity contribution >= 4 is 0 Å². The Labute approximate surface area is 110 Å². The first-order chi connectivity index (χ1) is 8.72. The number of aryl methyl sites for hydroxylation is 2. The van der Waals surface area contributed by atoms with Gasteiger partial charge in [0.05, 0.1) is 0 Å². The molecule has 1 heterocycles. The summed E-state index contributed by atoms with van der Waals surface area (Å²) in [7, 11) is 0. The molecule has 0 bridgehead atoms. The fourth-order valence-corrected chi connectivity index (χ4v) is 2.85. The van der Waals surface area contributed by atoms with Crippen molar-refractivity contribution in [1.29, 1.82) is 0 Å². The zero-order chi connectivity index (χ0) is 13.0. The van der Waals surface area contributed by atoms with E-state index >= 15 is 0 Å². The number of piperazine rings is 1. The highest BCUT2D eigenvalue weighted by atomic mass is 16.3. The average molecular weight is 248 g/mol. The lowest BCUT2D eigenvalue weighted by atomic mass is 9.95. The molecule has 18 heavy (non-hydrogen) atoms. The summed E-state index contributed by atoms with van der Waals surface area (Å²) in [6, 6.07) is 7.00. The third kappa shape index (κ3) is 3.10. The van der Waals surface area contributed by atoms with Crippen molar-refractivity contribution in [3.63, 3.8) is 0 Å². The van der Waals surface area contributed by atoms with E-state index in [-0.39, 0.29) is 6.61 Å². The van der Waals surface area contributed by atoms with Gasteiger partial charge >= 0.3 is 0 Å². The maximum Gasteiger partial charge on any atom is 0.0449 e. The van der Waals surface area contributed by atoms with Gasteiger partial charge in [-0.2, -0.15) is 0 Å². The Morgan fingerprint density at radius 3 is 2.61 bits per heavy atom. The second kappa shape index (κ2) is 6.32. The van der Waals surface area contributed by atoms with Gasteiger partial charge in [0, 0.05) is 38.8 Å². The first kappa shape index (κ1) is 13.5. The van der Waals surface area contributed by atoms with Gasteiger partial charge < -0.3 is 10.4 Å². The molecule has 1 aromatic carbocycles. The fraction of sp³-hybridized carbons (Fsp3) is 0.600. The minimum atomic E-state index is 0.252. The molecule has 0 aromatic heterocycles. The lowest BCUT2D eigenvalue weighted by Crippen LogP contribution is -2.45. The van der Waals surface area contributed by atoms with Gasteiger partial charge in [-0.25, -0.2) is 0 Å². The third-order valence-corrected chi connectivity index (χ3v) is 3.78. The van der Waals surface area contributed by atoms with E-state index in [9.17, 15) is 5.11 Å². The highest BCUT2D eigenvalue weighted by Gasteiger charge is 2.22. The number of hydrogen-bond donors (Lipinski definition) is 2. The molecule has 0 unspecified atom stereocenters. The minimum Gasteiger partial charge on any atom is -0.396 e. The van der Waals surface area contributed by atoms with Crippen LogP contribution in [0.15, 0.2) is 18.2 Å². The van der Waals surface area contributed by atoms with Gasteiger partial charge in [0.15, 0.2) is 0 Å². The molecular formula is C15H24N2O. The molecule has 0 radical (unpaired) electrons. The molecule has 2 N–H and O–H groups in total. The van der Waals surface area contributed by atoms with Crippen LogP contribution in [0.4, 0.5) is 0 Å². The smallest absolute Gasteiger partial charge is 0.0449 e. The van der Waals surface area contributed by atoms with Gasteiger partial charge in [-0.15, -0.1) is 0 Å². The van der Waals surface area contributed by atoms with Gasteiger partial charge in [0.2, 0.25) is 0 Å². The predicted molar refractivity (Wildman–Crippen MR) is 74.8 cm³/mol. The molecular weight excluding hydrogens is 224 g/mol. The Hall–Kier alpha value is -0.900. The van der Waals surface area contributed by atoms with E-state index in [0.717, 1.165) is 32.6 Å². The highest BCUT2D eigenvalue weighted by Crippen LogP contribution is 2.27. The zero-order valence-corrected chi connectivity index (χ0v) is 11.4. The van der Waals surface area contributed by atoms with E-state index in [1.807, 2.05) is 0 Å². The molecule has 0 amide bonds. The minimum absolute atomic E-state index is 0.252. The number of aliphatic hydroxyl groups is 1. The molecule has 1 atom stereocenters. The molecule has 1 aliphatic rings. The summed E-state index contributed by atoms with van der Waals surface area (Å²) in [5.74, 6) is 0. The van der Waals surface area contributed by atoms with E-state index in [1.165, 1.54) is 16.7 Å². The van der Waals surface area contributed by atoms with E-state index in [1.54, 1.807) is 0 Å². The van der Waals surface area contributed by atoms with Gasteiger partial charge in [0.1, 0.15) is 0 Å². The van der Waals surface area contributed by atoms with Crippen LogP contribution in [0.2, 0.25) is 0 Å². The van der Waals surface area contributed by atoms with Gasteiger partial charge in [-0.05, 0) is 31.4 Å². The van der Waals surface area contributed by atoms with Crippen molar-refractivity contribution in [2.75, 3.05) is 32.8 Å². The Morgan fingerprint density at radius 2 is 2.00 bits per heavy atom. The normalized spacial score (nSPS) is 18.8. The number of nitrogens with zero attached hydrogens (tertiary/aromatic N) is 1. The third-order valence-electron chi connectivity index (χ3n) is 3.78. The van der Waals surface area contributed by atoms with Crippen molar-refractivity contribution in [2.24, 2.45) is 0 Å². The first-order valence-electron chi connectivity index (χ1n) is 6.85. The number of aliphatic hydroxyl groups excluding tert-OH is 1. The van der Waals surface area contributed by atoms with Gasteiger partial charge in [0.25, 0.3) is 0 Å². The topological polar surface area (TPSA) is 35.5 Å². The summed E-state index contributed by atoms with van der Waals surface area (Å²) in [5, 5.41) is 12.7. The number of benzene rings is 1. The lowest BCUT2D eigenvalue weighted by molar-refractivity contribution is 0.140. The molecule has 1 saturated heterocycles. The molecule has 1 fully saturated rings. The molecule has 0 aliphatic carbocycles. The molecule has 100 valence electrons. The molecule has 2 rings (SSSR count). The summed E-state index contributed by atoms with van der Waals surface area (Å²) in [5.41, 5.74) is 4.02. The summed E-state index contributed by atoms with van der Waals surface area (Å²) < 4.78 is 0. The van der Waals surface area contributed by atoms with Crippen molar-refractivity contribution in [1.82, 2.24) is 10.2 Å². The maximum atomic E-state index is 9.33. The molecule has 3 nitrogen and oxygen atoms in total. The Morgan fingerprint density at radius 1 is 1.28 bits per heavy atom. The summed E-state index contributed by atoms with van der Waals surface area (Å²) in [6.45, 7) is 8.79. The number of hydrogen-bond acceptors (Lipinski definition) is 3. The van der Waals surface area contributed by atoms with E-state index in [2.05, 4.69) is 42.3 Å². The maximum absolute atomic E-state index is 9.33. The second-order valence-corrected chi connectivity index (χ2v) is 5.17. The molecule has 0 saturated carbocycles. The lowest BCUT2D eigenvalue weighted by Gasteiger charge is -2.35. The van der Waals surface area contributed by atoms with Crippen molar-refractivity contribution < 1.29 is 5.11 Å². The molecule has 1 aromatic rings. The standard InChI is InChI=1S/C15H24N2O/c1-12-3-4-14(13(2)11-12)15(5-10-18)17-8-6-16-7-9-17/h3-4,11,15-16,18H,5-10H2,1-2H3/t15-/m0/s1. The fourth-order valence-electron chi connectivity index (χ4n) is 2.85. The number of rotatable bonds is 4. The Kier molecular flexibility index (Phi) is 4.75. The van der Waals surface area contributed by atoms with Crippen molar-refractivity contribution in [2.45, 2.75) is 26.3 Å². The quantitative estimate of drug-likeness (QED) is 0.850. The highest BCUT2D eigenvalue weighted by molar-refractivity contribution is 5.33. The van der Waals surface area contributed by atoms with Crippen LogP contribution in [0.1, 0.15) is 29.2 Å². The van der Waals surface area contributed by atoms with E-state index < -0.39 is 0 Å². The van der Waals surface area contributed by atoms with Crippen LogP contribution in [0.5, 0.6) is 0 Å². The molecule has 1 aliphatic heterocycles. The number of nitrogens with one attached hydrogen (secondary N) is 1. The van der Waals surface area contributed by atoms with Crippen LogP contribution < -0.4 is 5.32 Å². The van der Waals surface area contributed by atoms with Crippen LogP contribution >= 0.6 is 0 Å². The second-order valence-electron chi connectivity index (χ2n) is 5.17. The largest absolute Gasteiger partial charge is 0.396 e.